The molecule has 0 aliphatic rings. The summed E-state index contributed by atoms with van der Waals surface area (Å²) < 4.78 is 29.6. The molecule has 0 saturated heterocycles. The first kappa shape index (κ1) is 12.9. The number of nitrogens with one attached hydrogen (secondary N) is 1. The molecule has 0 amide bonds. The molecule has 1 rings (SSSR count). The minimum absolute atomic E-state index is 0.142. The Labute approximate surface area is 94.6 Å². The number of rotatable bonds is 6. The average Bonchev–Trinajstić information content (AvgIpc) is 2.27. The fourth-order valence-electron chi connectivity index (χ4n) is 1.50. The van der Waals surface area contributed by atoms with Crippen molar-refractivity contribution in [3.05, 3.63) is 29.8 Å². The summed E-state index contributed by atoms with van der Waals surface area (Å²) in [5.74, 6) is 0.749. The van der Waals surface area contributed by atoms with E-state index in [-0.39, 0.29) is 12.6 Å². The van der Waals surface area contributed by atoms with Crippen LogP contribution in [0.2, 0.25) is 0 Å². The number of hydrogen-bond acceptors (Lipinski definition) is 2. The predicted molar refractivity (Wildman–Crippen MR) is 60.0 cm³/mol. The lowest BCUT2D eigenvalue weighted by Crippen LogP contribution is -2.24. The van der Waals surface area contributed by atoms with E-state index in [1.54, 1.807) is 0 Å². The van der Waals surface area contributed by atoms with Crippen LogP contribution in [-0.4, -0.2) is 19.6 Å². The zero-order valence-electron chi connectivity index (χ0n) is 9.54. The van der Waals surface area contributed by atoms with Crippen LogP contribution in [-0.2, 0) is 0 Å². The van der Waals surface area contributed by atoms with Crippen molar-refractivity contribution >= 4 is 0 Å². The smallest absolute Gasteiger partial charge is 0.250 e. The van der Waals surface area contributed by atoms with Gasteiger partial charge in [-0.05, 0) is 19.9 Å². The Morgan fingerprint density at radius 3 is 2.62 bits per heavy atom. The molecule has 1 unspecified atom stereocenters. The molecule has 0 saturated carbocycles. The van der Waals surface area contributed by atoms with Gasteiger partial charge in [-0.15, -0.1) is 0 Å². The van der Waals surface area contributed by atoms with E-state index in [0.29, 0.717) is 6.61 Å². The number of benzene rings is 1. The highest BCUT2D eigenvalue weighted by Crippen LogP contribution is 2.24. The van der Waals surface area contributed by atoms with E-state index in [2.05, 4.69) is 5.32 Å². The molecule has 0 fully saturated rings. The van der Waals surface area contributed by atoms with Crippen LogP contribution in [0.15, 0.2) is 24.3 Å². The summed E-state index contributed by atoms with van der Waals surface area (Å²) in [4.78, 5) is 0. The SMILES string of the molecule is CCOc1ccccc1C(C)NCC(F)F. The van der Waals surface area contributed by atoms with Crippen LogP contribution in [0.3, 0.4) is 0 Å². The minimum atomic E-state index is -2.33. The maximum atomic E-state index is 12.1. The molecule has 1 aromatic carbocycles. The van der Waals surface area contributed by atoms with Crippen molar-refractivity contribution in [3.8, 4) is 5.75 Å². The zero-order chi connectivity index (χ0) is 12.0. The first-order valence-electron chi connectivity index (χ1n) is 5.38. The lowest BCUT2D eigenvalue weighted by molar-refractivity contribution is 0.142. The van der Waals surface area contributed by atoms with Gasteiger partial charge in [0, 0.05) is 11.6 Å². The largest absolute Gasteiger partial charge is 0.494 e. The molecular weight excluding hydrogens is 212 g/mol. The summed E-state index contributed by atoms with van der Waals surface area (Å²) in [5, 5.41) is 2.77. The van der Waals surface area contributed by atoms with Gasteiger partial charge in [-0.1, -0.05) is 18.2 Å². The molecule has 0 bridgehead atoms. The summed E-state index contributed by atoms with van der Waals surface area (Å²) in [6.07, 6.45) is -2.33. The van der Waals surface area contributed by atoms with Gasteiger partial charge >= 0.3 is 0 Å². The Balaban J connectivity index is 2.69. The molecule has 0 radical (unpaired) electrons. The molecule has 4 heteroatoms. The fraction of sp³-hybridized carbons (Fsp3) is 0.500. The lowest BCUT2D eigenvalue weighted by atomic mass is 10.1. The van der Waals surface area contributed by atoms with Crippen molar-refractivity contribution in [1.82, 2.24) is 5.32 Å². The maximum Gasteiger partial charge on any atom is 0.250 e. The minimum Gasteiger partial charge on any atom is -0.494 e. The summed E-state index contributed by atoms with van der Waals surface area (Å²) >= 11 is 0. The van der Waals surface area contributed by atoms with Crippen LogP contribution in [0.4, 0.5) is 8.78 Å². The van der Waals surface area contributed by atoms with Crippen molar-refractivity contribution in [2.45, 2.75) is 26.3 Å². The third-order valence-corrected chi connectivity index (χ3v) is 2.26. The average molecular weight is 229 g/mol. The first-order valence-corrected chi connectivity index (χ1v) is 5.38. The summed E-state index contributed by atoms with van der Waals surface area (Å²) in [7, 11) is 0. The number of para-hydroxylation sites is 1. The third-order valence-electron chi connectivity index (χ3n) is 2.26. The molecule has 0 aromatic heterocycles. The van der Waals surface area contributed by atoms with Gasteiger partial charge in [-0.25, -0.2) is 8.78 Å². The van der Waals surface area contributed by atoms with Gasteiger partial charge in [-0.2, -0.15) is 0 Å². The first-order chi connectivity index (χ1) is 7.65. The second-order valence-corrected chi connectivity index (χ2v) is 3.49. The van der Waals surface area contributed by atoms with Crippen molar-refractivity contribution in [3.63, 3.8) is 0 Å². The standard InChI is InChI=1S/C12H17F2NO/c1-3-16-11-7-5-4-6-10(11)9(2)15-8-12(13)14/h4-7,9,12,15H,3,8H2,1-2H3. The molecule has 1 N–H and O–H groups in total. The lowest BCUT2D eigenvalue weighted by Gasteiger charge is -2.17. The molecule has 90 valence electrons. The van der Waals surface area contributed by atoms with Crippen molar-refractivity contribution in [2.75, 3.05) is 13.2 Å². The molecule has 0 aliphatic carbocycles. The van der Waals surface area contributed by atoms with E-state index in [9.17, 15) is 8.78 Å². The van der Waals surface area contributed by atoms with E-state index < -0.39 is 6.43 Å². The van der Waals surface area contributed by atoms with E-state index in [1.165, 1.54) is 0 Å². The van der Waals surface area contributed by atoms with Gasteiger partial charge in [0.05, 0.1) is 13.2 Å². The Morgan fingerprint density at radius 2 is 2.00 bits per heavy atom. The van der Waals surface area contributed by atoms with Gasteiger partial charge in [0.2, 0.25) is 0 Å². The Bertz CT molecular complexity index is 318. The van der Waals surface area contributed by atoms with Gasteiger partial charge in [-0.3, -0.25) is 0 Å². The molecular formula is C12H17F2NO. The van der Waals surface area contributed by atoms with Crippen LogP contribution < -0.4 is 10.1 Å². The molecule has 0 heterocycles. The molecule has 16 heavy (non-hydrogen) atoms. The zero-order valence-corrected chi connectivity index (χ0v) is 9.54. The Hall–Kier alpha value is -1.16. The fourth-order valence-corrected chi connectivity index (χ4v) is 1.50. The van der Waals surface area contributed by atoms with Crippen molar-refractivity contribution in [2.24, 2.45) is 0 Å². The van der Waals surface area contributed by atoms with E-state index in [0.717, 1.165) is 11.3 Å². The predicted octanol–water partition coefficient (Wildman–Crippen LogP) is 3.00. The molecule has 1 aromatic rings. The summed E-state index contributed by atoms with van der Waals surface area (Å²) in [5.41, 5.74) is 0.907. The van der Waals surface area contributed by atoms with Crippen molar-refractivity contribution in [1.29, 1.82) is 0 Å². The molecule has 2 nitrogen and oxygen atoms in total. The molecule has 1 atom stereocenters. The van der Waals surface area contributed by atoms with Crippen LogP contribution in [0.25, 0.3) is 0 Å². The normalized spacial score (nSPS) is 12.8. The van der Waals surface area contributed by atoms with E-state index in [4.69, 9.17) is 4.74 Å². The highest BCUT2D eigenvalue weighted by atomic mass is 19.3. The highest BCUT2D eigenvalue weighted by molar-refractivity contribution is 5.35. The van der Waals surface area contributed by atoms with Gasteiger partial charge in [0.15, 0.2) is 0 Å². The van der Waals surface area contributed by atoms with Gasteiger partial charge < -0.3 is 10.1 Å². The second-order valence-electron chi connectivity index (χ2n) is 3.49. The monoisotopic (exact) mass is 229 g/mol. The number of alkyl halides is 2. The van der Waals surface area contributed by atoms with Crippen molar-refractivity contribution < 1.29 is 13.5 Å². The van der Waals surface area contributed by atoms with Crippen LogP contribution >= 0.6 is 0 Å². The second kappa shape index (κ2) is 6.43. The van der Waals surface area contributed by atoms with E-state index in [1.807, 2.05) is 38.1 Å². The van der Waals surface area contributed by atoms with Crippen LogP contribution in [0.5, 0.6) is 5.75 Å². The third kappa shape index (κ3) is 3.77. The van der Waals surface area contributed by atoms with Gasteiger partial charge in [0.1, 0.15) is 5.75 Å². The van der Waals surface area contributed by atoms with E-state index >= 15 is 0 Å². The number of hydrogen-bond donors (Lipinski definition) is 1. The maximum absolute atomic E-state index is 12.1. The van der Waals surface area contributed by atoms with Gasteiger partial charge in [0.25, 0.3) is 6.43 Å². The van der Waals surface area contributed by atoms with Crippen LogP contribution in [0.1, 0.15) is 25.5 Å². The quantitative estimate of drug-likeness (QED) is 0.809. The topological polar surface area (TPSA) is 21.3 Å². The summed E-state index contributed by atoms with van der Waals surface area (Å²) in [6.45, 7) is 4.01. The number of ether oxygens (including phenoxy) is 1. The summed E-state index contributed by atoms with van der Waals surface area (Å²) in [6, 6.07) is 7.33. The van der Waals surface area contributed by atoms with Crippen LogP contribution in [0, 0.1) is 0 Å². The molecule has 0 aliphatic heterocycles. The highest BCUT2D eigenvalue weighted by Gasteiger charge is 2.12. The Kier molecular flexibility index (Phi) is 5.19. The molecule has 0 spiro atoms. The Morgan fingerprint density at radius 1 is 1.31 bits per heavy atom. The number of halogens is 2.